The van der Waals surface area contributed by atoms with E-state index in [4.69, 9.17) is 14.2 Å². The average Bonchev–Trinajstić information content (AvgIpc) is 2.71. The molecule has 0 spiro atoms. The SMILES string of the molecule is COc1cccc(OC)c1C(=O)OCC(=O)NCC(=O)Nc1ccccc1Br. The summed E-state index contributed by atoms with van der Waals surface area (Å²) in [5.74, 6) is -1.29. The van der Waals surface area contributed by atoms with Crippen LogP contribution in [0, 0.1) is 0 Å². The number of carbonyl (C=O) groups is 3. The number of ether oxygens (including phenoxy) is 3. The number of methoxy groups -OCH3 is 2. The molecular weight excluding hydrogens is 432 g/mol. The van der Waals surface area contributed by atoms with Crippen LogP contribution in [0.5, 0.6) is 11.5 Å². The number of hydrogen-bond acceptors (Lipinski definition) is 6. The maximum Gasteiger partial charge on any atom is 0.346 e. The van der Waals surface area contributed by atoms with E-state index in [1.54, 1.807) is 36.4 Å². The van der Waals surface area contributed by atoms with Crippen LogP contribution in [-0.2, 0) is 14.3 Å². The van der Waals surface area contributed by atoms with E-state index < -0.39 is 24.4 Å². The van der Waals surface area contributed by atoms with Gasteiger partial charge in [-0.3, -0.25) is 9.59 Å². The summed E-state index contributed by atoms with van der Waals surface area (Å²) in [6.07, 6.45) is 0. The summed E-state index contributed by atoms with van der Waals surface area (Å²) in [7, 11) is 2.81. The molecule has 0 saturated carbocycles. The van der Waals surface area contributed by atoms with Gasteiger partial charge in [0.2, 0.25) is 5.91 Å². The maximum absolute atomic E-state index is 12.3. The van der Waals surface area contributed by atoms with Crippen molar-refractivity contribution in [2.75, 3.05) is 32.7 Å². The van der Waals surface area contributed by atoms with Crippen molar-refractivity contribution in [1.82, 2.24) is 5.32 Å². The first-order chi connectivity index (χ1) is 13.5. The number of halogens is 1. The van der Waals surface area contributed by atoms with Gasteiger partial charge in [-0.15, -0.1) is 0 Å². The Balaban J connectivity index is 1.85. The second-order valence-electron chi connectivity index (χ2n) is 5.42. The van der Waals surface area contributed by atoms with Crippen LogP contribution < -0.4 is 20.1 Å². The monoisotopic (exact) mass is 450 g/mol. The van der Waals surface area contributed by atoms with Crippen LogP contribution in [0.25, 0.3) is 0 Å². The second-order valence-corrected chi connectivity index (χ2v) is 6.27. The molecular formula is C19H19BrN2O6. The summed E-state index contributed by atoms with van der Waals surface area (Å²) in [5, 5.41) is 5.03. The Morgan fingerprint density at radius 1 is 0.929 bits per heavy atom. The Bertz CT molecular complexity index is 849. The molecule has 0 aromatic heterocycles. The lowest BCUT2D eigenvalue weighted by molar-refractivity contribution is -0.126. The van der Waals surface area contributed by atoms with Crippen molar-refractivity contribution in [3.05, 3.63) is 52.5 Å². The molecule has 2 aromatic carbocycles. The Hall–Kier alpha value is -3.07. The molecule has 0 fully saturated rings. The number of hydrogen-bond donors (Lipinski definition) is 2. The molecule has 0 unspecified atom stereocenters. The number of anilines is 1. The van der Waals surface area contributed by atoms with Gasteiger partial charge in [-0.25, -0.2) is 4.79 Å². The molecule has 148 valence electrons. The third kappa shape index (κ3) is 5.71. The minimum absolute atomic E-state index is 0.0759. The summed E-state index contributed by atoms with van der Waals surface area (Å²) in [6, 6.07) is 11.9. The highest BCUT2D eigenvalue weighted by atomic mass is 79.9. The second kappa shape index (κ2) is 10.3. The van der Waals surface area contributed by atoms with E-state index in [0.29, 0.717) is 5.69 Å². The van der Waals surface area contributed by atoms with Crippen LogP contribution in [0.3, 0.4) is 0 Å². The summed E-state index contributed by atoms with van der Waals surface area (Å²) in [5.41, 5.74) is 0.656. The van der Waals surface area contributed by atoms with Crippen molar-refractivity contribution in [3.8, 4) is 11.5 Å². The van der Waals surface area contributed by atoms with Gasteiger partial charge in [0.25, 0.3) is 5.91 Å². The minimum Gasteiger partial charge on any atom is -0.496 e. The van der Waals surface area contributed by atoms with Gasteiger partial charge < -0.3 is 24.8 Å². The average molecular weight is 451 g/mol. The first-order valence-corrected chi connectivity index (χ1v) is 8.94. The van der Waals surface area contributed by atoms with Gasteiger partial charge in [0.05, 0.1) is 26.5 Å². The fourth-order valence-electron chi connectivity index (χ4n) is 2.24. The van der Waals surface area contributed by atoms with E-state index in [1.165, 1.54) is 14.2 Å². The van der Waals surface area contributed by atoms with E-state index in [-0.39, 0.29) is 23.6 Å². The molecule has 0 aliphatic rings. The van der Waals surface area contributed by atoms with Crippen molar-refractivity contribution in [2.24, 2.45) is 0 Å². The lowest BCUT2D eigenvalue weighted by Crippen LogP contribution is -2.35. The molecule has 0 aliphatic heterocycles. The number of rotatable bonds is 8. The van der Waals surface area contributed by atoms with E-state index in [0.717, 1.165) is 4.47 Å². The first-order valence-electron chi connectivity index (χ1n) is 8.15. The van der Waals surface area contributed by atoms with Crippen molar-refractivity contribution in [1.29, 1.82) is 0 Å². The van der Waals surface area contributed by atoms with Crippen LogP contribution in [0.2, 0.25) is 0 Å². The van der Waals surface area contributed by atoms with Gasteiger partial charge in [-0.05, 0) is 40.2 Å². The van der Waals surface area contributed by atoms with Crippen LogP contribution in [-0.4, -0.2) is 45.2 Å². The zero-order chi connectivity index (χ0) is 20.5. The van der Waals surface area contributed by atoms with Crippen LogP contribution >= 0.6 is 15.9 Å². The van der Waals surface area contributed by atoms with Crippen molar-refractivity contribution >= 4 is 39.4 Å². The van der Waals surface area contributed by atoms with Crippen molar-refractivity contribution in [3.63, 3.8) is 0 Å². The molecule has 8 nitrogen and oxygen atoms in total. The summed E-state index contributed by atoms with van der Waals surface area (Å²) in [6.45, 7) is -0.821. The van der Waals surface area contributed by atoms with E-state index in [1.807, 2.05) is 6.07 Å². The van der Waals surface area contributed by atoms with Gasteiger partial charge in [-0.1, -0.05) is 18.2 Å². The molecule has 28 heavy (non-hydrogen) atoms. The summed E-state index contributed by atoms with van der Waals surface area (Å²) >= 11 is 3.31. The minimum atomic E-state index is -0.776. The van der Waals surface area contributed by atoms with Crippen LogP contribution in [0.4, 0.5) is 5.69 Å². The van der Waals surface area contributed by atoms with E-state index >= 15 is 0 Å². The molecule has 0 atom stereocenters. The molecule has 0 radical (unpaired) electrons. The summed E-state index contributed by atoms with van der Waals surface area (Å²) < 4.78 is 16.0. The number of amides is 2. The normalized spacial score (nSPS) is 9.96. The van der Waals surface area contributed by atoms with E-state index in [2.05, 4.69) is 26.6 Å². The van der Waals surface area contributed by atoms with Gasteiger partial charge in [-0.2, -0.15) is 0 Å². The predicted molar refractivity (Wildman–Crippen MR) is 106 cm³/mol. The highest BCUT2D eigenvalue weighted by Gasteiger charge is 2.20. The Morgan fingerprint density at radius 2 is 1.57 bits per heavy atom. The molecule has 2 amide bonds. The molecule has 2 aromatic rings. The third-order valence-electron chi connectivity index (χ3n) is 3.56. The number of para-hydroxylation sites is 1. The molecule has 0 bridgehead atoms. The lowest BCUT2D eigenvalue weighted by Gasteiger charge is -2.12. The van der Waals surface area contributed by atoms with Crippen molar-refractivity contribution < 1.29 is 28.6 Å². The van der Waals surface area contributed by atoms with Crippen molar-refractivity contribution in [2.45, 2.75) is 0 Å². The highest BCUT2D eigenvalue weighted by Crippen LogP contribution is 2.28. The topological polar surface area (TPSA) is 103 Å². The maximum atomic E-state index is 12.3. The fraction of sp³-hybridized carbons (Fsp3) is 0.211. The fourth-order valence-corrected chi connectivity index (χ4v) is 2.63. The molecule has 9 heteroatoms. The van der Waals surface area contributed by atoms with Gasteiger partial charge in [0, 0.05) is 4.47 Å². The molecule has 2 N–H and O–H groups in total. The highest BCUT2D eigenvalue weighted by molar-refractivity contribution is 9.10. The Morgan fingerprint density at radius 3 is 2.18 bits per heavy atom. The quantitative estimate of drug-likeness (QED) is 0.598. The predicted octanol–water partition coefficient (Wildman–Crippen LogP) is 2.38. The number of esters is 1. The molecule has 0 heterocycles. The van der Waals surface area contributed by atoms with Gasteiger partial charge in [0.1, 0.15) is 17.1 Å². The van der Waals surface area contributed by atoms with Crippen LogP contribution in [0.1, 0.15) is 10.4 Å². The number of nitrogens with one attached hydrogen (secondary N) is 2. The number of benzene rings is 2. The molecule has 2 rings (SSSR count). The number of carbonyl (C=O) groups excluding carboxylic acids is 3. The standard InChI is InChI=1S/C19H19BrN2O6/c1-26-14-8-5-9-15(27-2)18(14)19(25)28-11-17(24)21-10-16(23)22-13-7-4-3-6-12(13)20/h3-9H,10-11H2,1-2H3,(H,21,24)(H,22,23). The third-order valence-corrected chi connectivity index (χ3v) is 4.25. The zero-order valence-electron chi connectivity index (χ0n) is 15.3. The first kappa shape index (κ1) is 21.2. The molecule has 0 saturated heterocycles. The summed E-state index contributed by atoms with van der Waals surface area (Å²) in [4.78, 5) is 36.1. The van der Waals surface area contributed by atoms with Crippen LogP contribution in [0.15, 0.2) is 46.9 Å². The zero-order valence-corrected chi connectivity index (χ0v) is 16.9. The largest absolute Gasteiger partial charge is 0.496 e. The smallest absolute Gasteiger partial charge is 0.346 e. The Labute approximate surface area is 170 Å². The van der Waals surface area contributed by atoms with Gasteiger partial charge in [0.15, 0.2) is 6.61 Å². The van der Waals surface area contributed by atoms with E-state index in [9.17, 15) is 14.4 Å². The lowest BCUT2D eigenvalue weighted by atomic mass is 10.2. The Kier molecular flexibility index (Phi) is 7.82. The van der Waals surface area contributed by atoms with Gasteiger partial charge >= 0.3 is 5.97 Å². The molecule has 0 aliphatic carbocycles.